The van der Waals surface area contributed by atoms with Crippen LogP contribution in [0.1, 0.15) is 6.42 Å². The van der Waals surface area contributed by atoms with Crippen molar-refractivity contribution < 1.29 is 9.50 Å². The molecule has 6 nitrogen and oxygen atoms in total. The first-order valence-electron chi connectivity index (χ1n) is 5.51. The lowest BCUT2D eigenvalue weighted by Crippen LogP contribution is -2.09. The summed E-state index contributed by atoms with van der Waals surface area (Å²) in [6.45, 7) is -0.738. The van der Waals surface area contributed by atoms with Gasteiger partial charge in [-0.3, -0.25) is 8.96 Å². The van der Waals surface area contributed by atoms with E-state index in [9.17, 15) is 4.39 Å². The van der Waals surface area contributed by atoms with Crippen LogP contribution in [-0.2, 0) is 0 Å². The van der Waals surface area contributed by atoms with E-state index in [1.165, 1.54) is 6.33 Å². The molecule has 0 radical (unpaired) electrons. The van der Waals surface area contributed by atoms with Crippen LogP contribution in [0.3, 0.4) is 0 Å². The second-order valence-corrected chi connectivity index (χ2v) is 4.49. The Balaban J connectivity index is 2.03. The van der Waals surface area contributed by atoms with Crippen LogP contribution < -0.4 is 5.73 Å². The number of nitrogen functional groups attached to an aromatic ring is 1. The monoisotopic (exact) mass is 249 g/mol. The molecule has 0 aliphatic heterocycles. The van der Waals surface area contributed by atoms with Crippen LogP contribution in [0.25, 0.3) is 17.4 Å². The molecular weight excluding hydrogens is 237 g/mol. The van der Waals surface area contributed by atoms with E-state index in [-0.39, 0.29) is 6.61 Å². The van der Waals surface area contributed by atoms with Gasteiger partial charge in [-0.15, -0.1) is 0 Å². The minimum absolute atomic E-state index is 0.181. The van der Waals surface area contributed by atoms with Crippen molar-refractivity contribution in [2.75, 3.05) is 19.0 Å². The zero-order chi connectivity index (χ0) is 12.8. The second-order valence-electron chi connectivity index (χ2n) is 4.49. The fourth-order valence-electron chi connectivity index (χ4n) is 1.97. The van der Waals surface area contributed by atoms with Gasteiger partial charge in [0.1, 0.15) is 19.3 Å². The van der Waals surface area contributed by atoms with Crippen molar-refractivity contribution in [2.24, 2.45) is 5.41 Å². The third-order valence-electron chi connectivity index (χ3n) is 3.33. The van der Waals surface area contributed by atoms with Gasteiger partial charge >= 0.3 is 0 Å². The first kappa shape index (κ1) is 11.1. The molecule has 18 heavy (non-hydrogen) atoms. The number of rotatable bonds is 3. The smallest absolute Gasteiger partial charge is 0.169 e. The van der Waals surface area contributed by atoms with Crippen LogP contribution in [0.4, 0.5) is 10.2 Å². The fraction of sp³-hybridized carbons (Fsp3) is 0.364. The van der Waals surface area contributed by atoms with Crippen molar-refractivity contribution in [2.45, 2.75) is 6.42 Å². The number of anilines is 1. The van der Waals surface area contributed by atoms with E-state index in [1.54, 1.807) is 17.1 Å². The molecule has 2 aromatic heterocycles. The highest BCUT2D eigenvalue weighted by Crippen LogP contribution is 2.52. The highest BCUT2D eigenvalue weighted by atomic mass is 19.1. The predicted octanol–water partition coefficient (Wildman–Crippen LogP) is 0.601. The summed E-state index contributed by atoms with van der Waals surface area (Å²) in [5.74, 6) is 0.312. The van der Waals surface area contributed by atoms with Crippen molar-refractivity contribution in [3.05, 3.63) is 18.2 Å². The Morgan fingerprint density at radius 2 is 2.33 bits per heavy atom. The third-order valence-corrected chi connectivity index (χ3v) is 3.33. The SMILES string of the molecule is Nc1ncnc2c1ncn2C=C1CC1(CO)CF. The number of aromatic nitrogens is 4. The Hall–Kier alpha value is -2.02. The first-order valence-corrected chi connectivity index (χ1v) is 5.51. The summed E-state index contributed by atoms with van der Waals surface area (Å²) in [6.07, 6.45) is 5.22. The summed E-state index contributed by atoms with van der Waals surface area (Å²) in [4.78, 5) is 12.0. The molecule has 1 aliphatic rings. The maximum atomic E-state index is 12.8. The van der Waals surface area contributed by atoms with E-state index in [0.717, 1.165) is 5.57 Å². The van der Waals surface area contributed by atoms with Gasteiger partial charge in [0.25, 0.3) is 0 Å². The standard InChI is InChI=1S/C11H12FN5O/c12-3-11(4-18)1-7(11)2-17-6-16-8-9(13)14-5-15-10(8)17/h2,5-6,18H,1,3-4H2,(H2,13,14,15). The topological polar surface area (TPSA) is 89.9 Å². The van der Waals surface area contributed by atoms with Gasteiger partial charge in [-0.25, -0.2) is 15.0 Å². The summed E-state index contributed by atoms with van der Waals surface area (Å²) in [5, 5.41) is 9.16. The Bertz CT molecular complexity index is 631. The van der Waals surface area contributed by atoms with Crippen LogP contribution in [0, 0.1) is 5.41 Å². The lowest BCUT2D eigenvalue weighted by atomic mass is 10.1. The van der Waals surface area contributed by atoms with Gasteiger partial charge in [0.15, 0.2) is 17.0 Å². The largest absolute Gasteiger partial charge is 0.395 e. The minimum atomic E-state index is -0.699. The molecule has 3 rings (SSSR count). The zero-order valence-electron chi connectivity index (χ0n) is 9.54. The number of hydrogen-bond acceptors (Lipinski definition) is 5. The van der Waals surface area contributed by atoms with E-state index < -0.39 is 12.1 Å². The van der Waals surface area contributed by atoms with Crippen LogP contribution in [0.2, 0.25) is 0 Å². The number of imidazole rings is 1. The van der Waals surface area contributed by atoms with Gasteiger partial charge in [0, 0.05) is 11.6 Å². The zero-order valence-corrected chi connectivity index (χ0v) is 9.54. The molecule has 94 valence electrons. The molecular formula is C11H12FN5O. The number of halogens is 1. The lowest BCUT2D eigenvalue weighted by molar-refractivity contribution is 0.191. The van der Waals surface area contributed by atoms with Crippen molar-refractivity contribution in [1.29, 1.82) is 0 Å². The van der Waals surface area contributed by atoms with Crippen LogP contribution in [0.5, 0.6) is 0 Å². The average molecular weight is 249 g/mol. The Kier molecular flexibility index (Phi) is 2.30. The van der Waals surface area contributed by atoms with Gasteiger partial charge in [-0.2, -0.15) is 0 Å². The predicted molar refractivity (Wildman–Crippen MR) is 64.1 cm³/mol. The number of hydrogen-bond donors (Lipinski definition) is 2. The number of aliphatic hydroxyl groups is 1. The molecule has 1 fully saturated rings. The van der Waals surface area contributed by atoms with Crippen molar-refractivity contribution in [1.82, 2.24) is 19.5 Å². The molecule has 1 aliphatic carbocycles. The van der Waals surface area contributed by atoms with Crippen molar-refractivity contribution in [3.8, 4) is 0 Å². The summed E-state index contributed by atoms with van der Waals surface area (Å²) >= 11 is 0. The van der Waals surface area contributed by atoms with Gasteiger partial charge in [0.05, 0.1) is 6.61 Å². The summed E-state index contributed by atoms with van der Waals surface area (Å²) in [7, 11) is 0. The van der Waals surface area contributed by atoms with E-state index in [4.69, 9.17) is 10.8 Å². The summed E-state index contributed by atoms with van der Waals surface area (Å²) in [6, 6.07) is 0. The maximum Gasteiger partial charge on any atom is 0.169 e. The Morgan fingerprint density at radius 3 is 3.00 bits per heavy atom. The fourth-order valence-corrected chi connectivity index (χ4v) is 1.97. The molecule has 0 amide bonds. The Morgan fingerprint density at radius 1 is 1.50 bits per heavy atom. The second kappa shape index (κ2) is 3.74. The van der Waals surface area contributed by atoms with E-state index in [0.29, 0.717) is 23.4 Å². The number of alkyl halides is 1. The van der Waals surface area contributed by atoms with E-state index in [2.05, 4.69) is 15.0 Å². The molecule has 3 N–H and O–H groups in total. The molecule has 1 unspecified atom stereocenters. The first-order chi connectivity index (χ1) is 8.70. The van der Waals surface area contributed by atoms with E-state index >= 15 is 0 Å². The third kappa shape index (κ3) is 1.47. The van der Waals surface area contributed by atoms with Gasteiger partial charge in [-0.05, 0) is 12.0 Å². The molecule has 0 aromatic carbocycles. The van der Waals surface area contributed by atoms with Crippen molar-refractivity contribution >= 4 is 23.2 Å². The van der Waals surface area contributed by atoms with Gasteiger partial charge in [0.2, 0.25) is 0 Å². The normalized spacial score (nSPS) is 24.9. The number of aliphatic hydroxyl groups excluding tert-OH is 1. The molecule has 2 aromatic rings. The lowest BCUT2D eigenvalue weighted by Gasteiger charge is -2.03. The number of nitrogens with two attached hydrogens (primary N) is 1. The summed E-state index contributed by atoms with van der Waals surface area (Å²) in [5.41, 5.74) is 6.92. The van der Waals surface area contributed by atoms with E-state index in [1.807, 2.05) is 0 Å². The van der Waals surface area contributed by atoms with Crippen LogP contribution >= 0.6 is 0 Å². The molecule has 0 spiro atoms. The highest BCUT2D eigenvalue weighted by molar-refractivity contribution is 5.82. The van der Waals surface area contributed by atoms with Crippen molar-refractivity contribution in [3.63, 3.8) is 0 Å². The van der Waals surface area contributed by atoms with Gasteiger partial charge in [-0.1, -0.05) is 0 Å². The highest BCUT2D eigenvalue weighted by Gasteiger charge is 2.48. The van der Waals surface area contributed by atoms with Crippen LogP contribution in [-0.4, -0.2) is 37.9 Å². The number of nitrogens with zero attached hydrogens (tertiary/aromatic N) is 4. The molecule has 1 saturated carbocycles. The Labute approximate surface area is 102 Å². The molecule has 7 heteroatoms. The molecule has 0 bridgehead atoms. The summed E-state index contributed by atoms with van der Waals surface area (Å²) < 4.78 is 14.5. The minimum Gasteiger partial charge on any atom is -0.395 e. The molecule has 0 saturated heterocycles. The van der Waals surface area contributed by atoms with Crippen LogP contribution in [0.15, 0.2) is 18.2 Å². The maximum absolute atomic E-state index is 12.8. The molecule has 1 atom stereocenters. The number of fused-ring (bicyclic) bond motifs is 1. The average Bonchev–Trinajstić information content (AvgIpc) is 2.93. The van der Waals surface area contributed by atoms with Gasteiger partial charge < -0.3 is 10.8 Å². The molecule has 2 heterocycles. The quantitative estimate of drug-likeness (QED) is 0.831.